The molecule has 1 aromatic heterocycles. The van der Waals surface area contributed by atoms with Crippen LogP contribution in [-0.2, 0) is 9.59 Å². The van der Waals surface area contributed by atoms with Crippen LogP contribution in [0.5, 0.6) is 5.75 Å². The Hall–Kier alpha value is -2.71. The maximum Gasteiger partial charge on any atom is 0.265 e. The first-order valence-electron chi connectivity index (χ1n) is 8.12. The summed E-state index contributed by atoms with van der Waals surface area (Å²) in [6, 6.07) is 12.8. The molecule has 0 saturated heterocycles. The number of nitrogens with zero attached hydrogens (tertiary/aromatic N) is 2. The van der Waals surface area contributed by atoms with E-state index >= 15 is 0 Å². The topological polar surface area (TPSA) is 71.5 Å². The molecule has 2 heterocycles. The monoisotopic (exact) mass is 443 g/mol. The minimum atomic E-state index is -0.290. The molecule has 8 heteroatoms. The SMILES string of the molecule is O=C(CN1C(=O)COc2ccc(-c3cscn3)cc21)Nc1ccccc1Br. The van der Waals surface area contributed by atoms with Gasteiger partial charge in [0.05, 0.1) is 22.6 Å². The third-order valence-corrected chi connectivity index (χ3v) is 5.36. The number of aromatic nitrogens is 1. The number of anilines is 2. The molecule has 1 aliphatic heterocycles. The van der Waals surface area contributed by atoms with E-state index in [9.17, 15) is 9.59 Å². The van der Waals surface area contributed by atoms with Crippen molar-refractivity contribution in [3.8, 4) is 17.0 Å². The number of nitrogens with one attached hydrogen (secondary N) is 1. The quantitative estimate of drug-likeness (QED) is 0.662. The minimum absolute atomic E-state index is 0.0919. The lowest BCUT2D eigenvalue weighted by Crippen LogP contribution is -2.43. The number of hydrogen-bond donors (Lipinski definition) is 1. The van der Waals surface area contributed by atoms with E-state index in [0.717, 1.165) is 15.7 Å². The number of hydrogen-bond acceptors (Lipinski definition) is 5. The largest absolute Gasteiger partial charge is 0.482 e. The predicted molar refractivity (Wildman–Crippen MR) is 108 cm³/mol. The van der Waals surface area contributed by atoms with E-state index < -0.39 is 0 Å². The first-order chi connectivity index (χ1) is 13.1. The molecule has 6 nitrogen and oxygen atoms in total. The van der Waals surface area contributed by atoms with Gasteiger partial charge in [-0.2, -0.15) is 0 Å². The van der Waals surface area contributed by atoms with Gasteiger partial charge in [0.2, 0.25) is 5.91 Å². The average Bonchev–Trinajstić information content (AvgIpc) is 3.20. The van der Waals surface area contributed by atoms with Gasteiger partial charge >= 0.3 is 0 Å². The first-order valence-corrected chi connectivity index (χ1v) is 9.85. The molecule has 3 aromatic rings. The smallest absolute Gasteiger partial charge is 0.265 e. The molecule has 27 heavy (non-hydrogen) atoms. The van der Waals surface area contributed by atoms with Crippen molar-refractivity contribution in [2.75, 3.05) is 23.4 Å². The van der Waals surface area contributed by atoms with Crippen molar-refractivity contribution >= 4 is 50.5 Å². The van der Waals surface area contributed by atoms with Crippen LogP contribution in [-0.4, -0.2) is 29.9 Å². The van der Waals surface area contributed by atoms with Crippen molar-refractivity contribution in [1.82, 2.24) is 4.98 Å². The van der Waals surface area contributed by atoms with Crippen LogP contribution in [0.25, 0.3) is 11.3 Å². The molecule has 1 aliphatic rings. The Balaban J connectivity index is 1.60. The van der Waals surface area contributed by atoms with Gasteiger partial charge in [0, 0.05) is 15.4 Å². The third-order valence-electron chi connectivity index (χ3n) is 4.08. The van der Waals surface area contributed by atoms with Crippen LogP contribution in [0, 0.1) is 0 Å². The van der Waals surface area contributed by atoms with Crippen molar-refractivity contribution in [1.29, 1.82) is 0 Å². The summed E-state index contributed by atoms with van der Waals surface area (Å²) in [5.41, 5.74) is 4.65. The predicted octanol–water partition coefficient (Wildman–Crippen LogP) is 3.94. The van der Waals surface area contributed by atoms with Crippen molar-refractivity contribution in [2.45, 2.75) is 0 Å². The molecular weight excluding hydrogens is 430 g/mol. The van der Waals surface area contributed by atoms with E-state index in [4.69, 9.17) is 4.74 Å². The maximum atomic E-state index is 12.5. The van der Waals surface area contributed by atoms with Crippen LogP contribution in [0.4, 0.5) is 11.4 Å². The Morgan fingerprint density at radius 2 is 2.15 bits per heavy atom. The molecule has 0 radical (unpaired) electrons. The molecular formula is C19H14BrN3O3S. The Labute approximate surface area is 167 Å². The maximum absolute atomic E-state index is 12.5. The number of carbonyl (C=O) groups excluding carboxylic acids is 2. The lowest BCUT2D eigenvalue weighted by atomic mass is 10.1. The fraction of sp³-hybridized carbons (Fsp3) is 0.105. The molecule has 2 aromatic carbocycles. The molecule has 0 unspecified atom stereocenters. The Kier molecular flexibility index (Phi) is 4.91. The van der Waals surface area contributed by atoms with E-state index in [1.807, 2.05) is 35.7 Å². The van der Waals surface area contributed by atoms with Gasteiger partial charge in [0.25, 0.3) is 5.91 Å². The van der Waals surface area contributed by atoms with Crippen LogP contribution in [0.1, 0.15) is 0 Å². The van der Waals surface area contributed by atoms with Crippen LogP contribution in [0.15, 0.2) is 57.8 Å². The zero-order chi connectivity index (χ0) is 18.8. The molecule has 0 saturated carbocycles. The Morgan fingerprint density at radius 1 is 1.30 bits per heavy atom. The van der Waals surface area contributed by atoms with Gasteiger partial charge in [0.15, 0.2) is 6.61 Å². The summed E-state index contributed by atoms with van der Waals surface area (Å²) in [5, 5.41) is 4.75. The van der Waals surface area contributed by atoms with E-state index in [-0.39, 0.29) is 25.0 Å². The van der Waals surface area contributed by atoms with Crippen LogP contribution < -0.4 is 15.0 Å². The fourth-order valence-corrected chi connectivity index (χ4v) is 3.73. The summed E-state index contributed by atoms with van der Waals surface area (Å²) in [4.78, 5) is 30.7. The van der Waals surface area contributed by atoms with E-state index in [2.05, 4.69) is 26.2 Å². The molecule has 0 bridgehead atoms. The van der Waals surface area contributed by atoms with E-state index in [1.54, 1.807) is 17.6 Å². The number of halogens is 1. The summed E-state index contributed by atoms with van der Waals surface area (Å²) in [6.07, 6.45) is 0. The molecule has 0 atom stereocenters. The molecule has 2 amide bonds. The summed E-state index contributed by atoms with van der Waals surface area (Å²) < 4.78 is 6.28. The van der Waals surface area contributed by atoms with Crippen molar-refractivity contribution < 1.29 is 14.3 Å². The number of amides is 2. The number of para-hydroxylation sites is 1. The van der Waals surface area contributed by atoms with Crippen molar-refractivity contribution in [3.05, 3.63) is 57.8 Å². The molecule has 1 N–H and O–H groups in total. The second-order valence-corrected chi connectivity index (χ2v) is 7.43. The van der Waals surface area contributed by atoms with Crippen molar-refractivity contribution in [2.24, 2.45) is 0 Å². The lowest BCUT2D eigenvalue weighted by Gasteiger charge is -2.29. The highest BCUT2D eigenvalue weighted by atomic mass is 79.9. The fourth-order valence-electron chi connectivity index (χ4n) is 2.79. The highest BCUT2D eigenvalue weighted by Crippen LogP contribution is 2.36. The minimum Gasteiger partial charge on any atom is -0.482 e. The lowest BCUT2D eigenvalue weighted by molar-refractivity contribution is -0.123. The second kappa shape index (κ2) is 7.50. The zero-order valence-electron chi connectivity index (χ0n) is 14.0. The Bertz CT molecular complexity index is 1010. The van der Waals surface area contributed by atoms with Crippen LogP contribution in [0.2, 0.25) is 0 Å². The van der Waals surface area contributed by atoms with Gasteiger partial charge in [-0.15, -0.1) is 11.3 Å². The standard InChI is InChI=1S/C19H14BrN3O3S/c20-13-3-1-2-4-14(13)22-18(24)8-23-16-7-12(15-10-27-11-21-15)5-6-17(16)26-9-19(23)25/h1-7,10-11H,8-9H2,(H,22,24). The molecule has 0 spiro atoms. The number of fused-ring (bicyclic) bond motifs is 1. The van der Waals surface area contributed by atoms with Gasteiger partial charge < -0.3 is 10.1 Å². The molecule has 0 aliphatic carbocycles. The normalized spacial score (nSPS) is 13.1. The zero-order valence-corrected chi connectivity index (χ0v) is 16.4. The van der Waals surface area contributed by atoms with E-state index in [0.29, 0.717) is 17.1 Å². The summed E-state index contributed by atoms with van der Waals surface area (Å²) >= 11 is 4.89. The highest BCUT2D eigenvalue weighted by molar-refractivity contribution is 9.10. The van der Waals surface area contributed by atoms with Gasteiger partial charge in [-0.25, -0.2) is 4.98 Å². The molecule has 136 valence electrons. The van der Waals surface area contributed by atoms with Crippen LogP contribution >= 0.6 is 27.3 Å². The summed E-state index contributed by atoms with van der Waals surface area (Å²) in [7, 11) is 0. The Morgan fingerprint density at radius 3 is 2.93 bits per heavy atom. The number of ether oxygens (including phenoxy) is 1. The van der Waals surface area contributed by atoms with Crippen molar-refractivity contribution in [3.63, 3.8) is 0 Å². The highest BCUT2D eigenvalue weighted by Gasteiger charge is 2.28. The van der Waals surface area contributed by atoms with Gasteiger partial charge in [-0.3, -0.25) is 14.5 Å². The van der Waals surface area contributed by atoms with Gasteiger partial charge in [-0.1, -0.05) is 12.1 Å². The van der Waals surface area contributed by atoms with E-state index in [1.165, 1.54) is 16.2 Å². The summed E-state index contributed by atoms with van der Waals surface area (Å²) in [6.45, 7) is -0.192. The van der Waals surface area contributed by atoms with Gasteiger partial charge in [0.1, 0.15) is 12.3 Å². The second-order valence-electron chi connectivity index (χ2n) is 5.85. The number of carbonyl (C=O) groups is 2. The van der Waals surface area contributed by atoms with Gasteiger partial charge in [-0.05, 0) is 46.3 Å². The first kappa shape index (κ1) is 17.7. The number of thiazole rings is 1. The summed E-state index contributed by atoms with van der Waals surface area (Å²) in [5.74, 6) is 0.0182. The number of benzene rings is 2. The average molecular weight is 444 g/mol. The molecule has 4 rings (SSSR count). The third kappa shape index (κ3) is 3.72. The molecule has 0 fully saturated rings. The number of rotatable bonds is 4. The van der Waals surface area contributed by atoms with Crippen LogP contribution in [0.3, 0.4) is 0 Å².